The third kappa shape index (κ3) is 2.76. The monoisotopic (exact) mass is 316 g/mol. The molecule has 0 spiro atoms. The minimum Gasteiger partial charge on any atom is -0.469 e. The van der Waals surface area contributed by atoms with Gasteiger partial charge in [-0.05, 0) is 24.5 Å². The molecule has 0 unspecified atom stereocenters. The van der Waals surface area contributed by atoms with Gasteiger partial charge >= 0.3 is 12.1 Å². The van der Waals surface area contributed by atoms with Crippen molar-refractivity contribution in [1.29, 1.82) is 0 Å². The number of benzene rings is 1. The van der Waals surface area contributed by atoms with Gasteiger partial charge in [0.15, 0.2) is 0 Å². The Morgan fingerprint density at radius 3 is 2.78 bits per heavy atom. The molecule has 3 rings (SSSR count). The predicted octanol–water partition coefficient (Wildman–Crippen LogP) is 2.79. The van der Waals surface area contributed by atoms with Crippen molar-refractivity contribution in [2.75, 3.05) is 20.8 Å². The summed E-state index contributed by atoms with van der Waals surface area (Å²) in [6, 6.07) is 7.87. The van der Waals surface area contributed by atoms with Crippen molar-refractivity contribution in [2.45, 2.75) is 25.3 Å². The molecule has 1 aromatic carbocycles. The molecule has 0 saturated heterocycles. The largest absolute Gasteiger partial charge is 0.469 e. The second kappa shape index (κ2) is 6.32. The van der Waals surface area contributed by atoms with Crippen LogP contribution in [0.25, 0.3) is 10.9 Å². The molecule has 0 bridgehead atoms. The van der Waals surface area contributed by atoms with Crippen molar-refractivity contribution in [3.05, 3.63) is 35.5 Å². The van der Waals surface area contributed by atoms with Gasteiger partial charge in [-0.1, -0.05) is 18.2 Å². The summed E-state index contributed by atoms with van der Waals surface area (Å²) in [4.78, 5) is 28.7. The smallest absolute Gasteiger partial charge is 0.410 e. The summed E-state index contributed by atoms with van der Waals surface area (Å²) < 4.78 is 9.63. The average molecular weight is 316 g/mol. The molecule has 2 aromatic rings. The van der Waals surface area contributed by atoms with Crippen molar-refractivity contribution in [3.8, 4) is 0 Å². The number of esters is 1. The summed E-state index contributed by atoms with van der Waals surface area (Å²) in [6.07, 6.45) is 1.15. The molecule has 1 N–H and O–H groups in total. The summed E-state index contributed by atoms with van der Waals surface area (Å²) in [7, 11) is 2.75. The Balaban J connectivity index is 1.99. The number of ether oxygens (including phenoxy) is 2. The quantitative estimate of drug-likeness (QED) is 0.884. The van der Waals surface area contributed by atoms with E-state index in [0.717, 1.165) is 17.6 Å². The summed E-state index contributed by atoms with van der Waals surface area (Å²) in [5.41, 5.74) is 3.26. The molecule has 23 heavy (non-hydrogen) atoms. The van der Waals surface area contributed by atoms with Gasteiger partial charge in [0.1, 0.15) is 0 Å². The number of aromatic amines is 1. The Morgan fingerprint density at radius 1 is 1.26 bits per heavy atom. The number of aromatic nitrogens is 1. The van der Waals surface area contributed by atoms with Crippen LogP contribution < -0.4 is 0 Å². The number of para-hydroxylation sites is 1. The molecule has 0 saturated carbocycles. The second-order valence-corrected chi connectivity index (χ2v) is 5.61. The normalized spacial score (nSPS) is 17.0. The van der Waals surface area contributed by atoms with Gasteiger partial charge in [-0.2, -0.15) is 0 Å². The van der Waals surface area contributed by atoms with Crippen LogP contribution in [-0.2, 0) is 20.7 Å². The van der Waals surface area contributed by atoms with E-state index < -0.39 is 0 Å². The molecule has 1 aliphatic heterocycles. The van der Waals surface area contributed by atoms with Crippen LogP contribution in [0.2, 0.25) is 0 Å². The highest BCUT2D eigenvalue weighted by molar-refractivity contribution is 5.85. The maximum absolute atomic E-state index is 12.1. The number of hydrogen-bond donors (Lipinski definition) is 1. The summed E-state index contributed by atoms with van der Waals surface area (Å²) in [5, 5.41) is 1.18. The van der Waals surface area contributed by atoms with Gasteiger partial charge in [0.05, 0.1) is 20.3 Å². The van der Waals surface area contributed by atoms with Crippen molar-refractivity contribution in [3.63, 3.8) is 0 Å². The van der Waals surface area contributed by atoms with Gasteiger partial charge < -0.3 is 14.5 Å². The summed E-state index contributed by atoms with van der Waals surface area (Å²) in [5.74, 6) is -0.280. The highest BCUT2D eigenvalue weighted by Gasteiger charge is 2.34. The molecular weight excluding hydrogens is 296 g/mol. The van der Waals surface area contributed by atoms with Gasteiger partial charge in [0.2, 0.25) is 0 Å². The fourth-order valence-corrected chi connectivity index (χ4v) is 3.31. The Hall–Kier alpha value is -2.50. The molecule has 122 valence electrons. The van der Waals surface area contributed by atoms with Crippen molar-refractivity contribution < 1.29 is 19.1 Å². The van der Waals surface area contributed by atoms with Crippen LogP contribution in [0.5, 0.6) is 0 Å². The first-order valence-electron chi connectivity index (χ1n) is 7.66. The van der Waals surface area contributed by atoms with Crippen LogP contribution in [0.1, 0.15) is 30.1 Å². The maximum atomic E-state index is 12.1. The van der Waals surface area contributed by atoms with E-state index in [1.54, 1.807) is 4.90 Å². The lowest BCUT2D eigenvalue weighted by Gasteiger charge is -2.34. The van der Waals surface area contributed by atoms with E-state index in [0.29, 0.717) is 13.0 Å². The van der Waals surface area contributed by atoms with Crippen LogP contribution in [0.4, 0.5) is 4.79 Å². The Bertz CT molecular complexity index is 737. The Morgan fingerprint density at radius 2 is 2.04 bits per heavy atom. The fourth-order valence-electron chi connectivity index (χ4n) is 3.31. The second-order valence-electron chi connectivity index (χ2n) is 5.61. The van der Waals surface area contributed by atoms with Gasteiger partial charge in [0, 0.05) is 29.6 Å². The zero-order valence-corrected chi connectivity index (χ0v) is 13.3. The average Bonchev–Trinajstić information content (AvgIpc) is 2.97. The molecule has 6 nitrogen and oxygen atoms in total. The van der Waals surface area contributed by atoms with Crippen LogP contribution in [0, 0.1) is 0 Å². The van der Waals surface area contributed by atoms with E-state index >= 15 is 0 Å². The van der Waals surface area contributed by atoms with E-state index in [4.69, 9.17) is 9.47 Å². The van der Waals surface area contributed by atoms with Crippen molar-refractivity contribution >= 4 is 23.0 Å². The first kappa shape index (κ1) is 15.4. The topological polar surface area (TPSA) is 71.6 Å². The molecule has 0 radical (unpaired) electrons. The number of hydrogen-bond acceptors (Lipinski definition) is 4. The number of nitrogens with one attached hydrogen (secondary N) is 1. The number of nitrogens with zero attached hydrogens (tertiary/aromatic N) is 1. The minimum absolute atomic E-state index is 0.210. The lowest BCUT2D eigenvalue weighted by Crippen LogP contribution is -2.40. The third-order valence-corrected chi connectivity index (χ3v) is 4.42. The van der Waals surface area contributed by atoms with Crippen LogP contribution >= 0.6 is 0 Å². The lowest BCUT2D eigenvalue weighted by atomic mass is 9.95. The zero-order valence-electron chi connectivity index (χ0n) is 13.3. The molecular formula is C17H20N2O4. The van der Waals surface area contributed by atoms with E-state index in [9.17, 15) is 9.59 Å². The maximum Gasteiger partial charge on any atom is 0.410 e. The number of H-pyrrole nitrogens is 1. The molecule has 1 atom stereocenters. The summed E-state index contributed by atoms with van der Waals surface area (Å²) in [6.45, 7) is 0.577. The van der Waals surface area contributed by atoms with E-state index in [2.05, 4.69) is 11.1 Å². The van der Waals surface area contributed by atoms with E-state index in [-0.39, 0.29) is 24.5 Å². The van der Waals surface area contributed by atoms with Gasteiger partial charge in [-0.25, -0.2) is 4.79 Å². The van der Waals surface area contributed by atoms with Gasteiger partial charge in [-0.15, -0.1) is 0 Å². The lowest BCUT2D eigenvalue weighted by molar-refractivity contribution is -0.141. The molecule has 1 aromatic heterocycles. The molecule has 6 heteroatoms. The first-order valence-corrected chi connectivity index (χ1v) is 7.66. The highest BCUT2D eigenvalue weighted by atomic mass is 16.5. The van der Waals surface area contributed by atoms with E-state index in [1.165, 1.54) is 25.2 Å². The minimum atomic E-state index is -0.371. The third-order valence-electron chi connectivity index (χ3n) is 4.42. The molecule has 0 fully saturated rings. The molecule has 1 aliphatic rings. The standard InChI is InChI=1S/C17H20N2O4/c1-22-15(20)8-7-14-16-12(9-10-19(14)17(21)23-2)11-5-3-4-6-13(11)18-16/h3-6,14,18H,7-10H2,1-2H3/t14-/m0/s1. The number of methoxy groups -OCH3 is 2. The number of rotatable bonds is 3. The fraction of sp³-hybridized carbons (Fsp3) is 0.412. The van der Waals surface area contributed by atoms with Crippen LogP contribution in [-0.4, -0.2) is 42.7 Å². The predicted molar refractivity (Wildman–Crippen MR) is 85.1 cm³/mol. The van der Waals surface area contributed by atoms with Crippen LogP contribution in [0.3, 0.4) is 0 Å². The number of fused-ring (bicyclic) bond motifs is 3. The highest BCUT2D eigenvalue weighted by Crippen LogP contribution is 2.37. The number of carbonyl (C=O) groups is 2. The van der Waals surface area contributed by atoms with Crippen molar-refractivity contribution in [1.82, 2.24) is 9.88 Å². The van der Waals surface area contributed by atoms with Gasteiger partial charge in [-0.3, -0.25) is 9.69 Å². The summed E-state index contributed by atoms with van der Waals surface area (Å²) >= 11 is 0. The van der Waals surface area contributed by atoms with Crippen LogP contribution in [0.15, 0.2) is 24.3 Å². The molecule has 1 amide bonds. The number of carbonyl (C=O) groups excluding carboxylic acids is 2. The Labute approximate surface area is 134 Å². The molecule has 2 heterocycles. The molecule has 0 aliphatic carbocycles. The SMILES string of the molecule is COC(=O)CC[C@H]1c2[nH]c3ccccc3c2CCN1C(=O)OC. The van der Waals surface area contributed by atoms with Crippen molar-refractivity contribution in [2.24, 2.45) is 0 Å². The first-order chi connectivity index (χ1) is 11.2. The van der Waals surface area contributed by atoms with Gasteiger partial charge in [0.25, 0.3) is 0 Å². The Kier molecular flexibility index (Phi) is 4.23. The zero-order chi connectivity index (χ0) is 16.4. The van der Waals surface area contributed by atoms with E-state index in [1.807, 2.05) is 18.2 Å². The number of amides is 1.